The lowest BCUT2D eigenvalue weighted by molar-refractivity contribution is -0.128. The van der Waals surface area contributed by atoms with E-state index in [2.05, 4.69) is 16.4 Å². The standard InChI is InChI=1S/C21H21N3O2S/c1-13-3-6-15(7-4-13)11-24-12-16(10-19(24)25)20(26)23-21-22-17-8-5-14(2)9-18(17)27-21/h3-9,16H,10-12H2,1-2H3,(H,22,23,26). The van der Waals surface area contributed by atoms with Gasteiger partial charge >= 0.3 is 0 Å². The molecule has 1 unspecified atom stereocenters. The third-order valence-electron chi connectivity index (χ3n) is 4.85. The van der Waals surface area contributed by atoms with Crippen molar-refractivity contribution in [1.82, 2.24) is 9.88 Å². The molecule has 1 atom stereocenters. The number of likely N-dealkylation sites (tertiary alicyclic amines) is 1. The Balaban J connectivity index is 1.41. The highest BCUT2D eigenvalue weighted by Gasteiger charge is 2.34. The van der Waals surface area contributed by atoms with Gasteiger partial charge < -0.3 is 10.2 Å². The van der Waals surface area contributed by atoms with E-state index >= 15 is 0 Å². The number of amides is 2. The summed E-state index contributed by atoms with van der Waals surface area (Å²) in [5.74, 6) is -0.446. The van der Waals surface area contributed by atoms with Crippen LogP contribution in [0.4, 0.5) is 5.13 Å². The molecule has 6 heteroatoms. The topological polar surface area (TPSA) is 62.3 Å². The zero-order valence-corrected chi connectivity index (χ0v) is 16.2. The van der Waals surface area contributed by atoms with Crippen LogP contribution in [0.2, 0.25) is 0 Å². The van der Waals surface area contributed by atoms with Gasteiger partial charge in [-0.25, -0.2) is 4.98 Å². The first-order chi connectivity index (χ1) is 13.0. The molecular weight excluding hydrogens is 358 g/mol. The lowest BCUT2D eigenvalue weighted by Gasteiger charge is -2.16. The molecule has 1 N–H and O–H groups in total. The molecule has 1 aromatic heterocycles. The number of thiazole rings is 1. The van der Waals surface area contributed by atoms with Gasteiger partial charge in [-0.15, -0.1) is 0 Å². The zero-order chi connectivity index (χ0) is 19.0. The highest BCUT2D eigenvalue weighted by molar-refractivity contribution is 7.22. The zero-order valence-electron chi connectivity index (χ0n) is 15.4. The van der Waals surface area contributed by atoms with Crippen LogP contribution in [0, 0.1) is 19.8 Å². The van der Waals surface area contributed by atoms with E-state index in [1.54, 1.807) is 4.90 Å². The number of anilines is 1. The number of benzene rings is 2. The van der Waals surface area contributed by atoms with Crippen molar-refractivity contribution in [3.05, 3.63) is 59.2 Å². The van der Waals surface area contributed by atoms with Crippen LogP contribution in [0.3, 0.4) is 0 Å². The molecule has 1 fully saturated rings. The van der Waals surface area contributed by atoms with Crippen molar-refractivity contribution in [2.45, 2.75) is 26.8 Å². The van der Waals surface area contributed by atoms with Gasteiger partial charge in [-0.1, -0.05) is 47.2 Å². The van der Waals surface area contributed by atoms with Gasteiger partial charge in [0, 0.05) is 19.5 Å². The first-order valence-corrected chi connectivity index (χ1v) is 9.81. The van der Waals surface area contributed by atoms with Crippen LogP contribution in [0.1, 0.15) is 23.1 Å². The first-order valence-electron chi connectivity index (χ1n) is 8.99. The van der Waals surface area contributed by atoms with Crippen LogP contribution in [0.25, 0.3) is 10.2 Å². The molecule has 0 bridgehead atoms. The minimum atomic E-state index is -0.336. The summed E-state index contributed by atoms with van der Waals surface area (Å²) in [4.78, 5) is 31.2. The summed E-state index contributed by atoms with van der Waals surface area (Å²) in [5, 5.41) is 3.48. The molecule has 138 valence electrons. The van der Waals surface area contributed by atoms with Gasteiger partial charge in [0.05, 0.1) is 16.1 Å². The molecule has 4 rings (SSSR count). The van der Waals surface area contributed by atoms with Gasteiger partial charge in [0.15, 0.2) is 5.13 Å². The van der Waals surface area contributed by atoms with Crippen molar-refractivity contribution in [2.75, 3.05) is 11.9 Å². The van der Waals surface area contributed by atoms with Crippen molar-refractivity contribution in [3.63, 3.8) is 0 Å². The number of fused-ring (bicyclic) bond motifs is 1. The number of aryl methyl sites for hydroxylation is 2. The third kappa shape index (κ3) is 3.85. The Bertz CT molecular complexity index is 1010. The fourth-order valence-corrected chi connectivity index (χ4v) is 4.27. The quantitative estimate of drug-likeness (QED) is 0.748. The normalized spacial score (nSPS) is 16.9. The Labute approximate surface area is 162 Å². The second-order valence-electron chi connectivity index (χ2n) is 7.14. The van der Waals surface area contributed by atoms with E-state index in [-0.39, 0.29) is 24.2 Å². The maximum atomic E-state index is 12.6. The number of nitrogens with one attached hydrogen (secondary N) is 1. The molecule has 0 saturated carbocycles. The third-order valence-corrected chi connectivity index (χ3v) is 5.79. The van der Waals surface area contributed by atoms with Crippen LogP contribution < -0.4 is 5.32 Å². The van der Waals surface area contributed by atoms with Gasteiger partial charge in [-0.2, -0.15) is 0 Å². The first kappa shape index (κ1) is 17.7. The molecule has 27 heavy (non-hydrogen) atoms. The summed E-state index contributed by atoms with van der Waals surface area (Å²) < 4.78 is 1.05. The summed E-state index contributed by atoms with van der Waals surface area (Å²) in [5.41, 5.74) is 4.31. The predicted molar refractivity (Wildman–Crippen MR) is 108 cm³/mol. The highest BCUT2D eigenvalue weighted by Crippen LogP contribution is 2.28. The van der Waals surface area contributed by atoms with Gasteiger partial charge in [0.25, 0.3) is 0 Å². The molecule has 1 aliphatic heterocycles. The van der Waals surface area contributed by atoms with Crippen molar-refractivity contribution in [3.8, 4) is 0 Å². The molecule has 2 heterocycles. The summed E-state index contributed by atoms with van der Waals surface area (Å²) in [6.45, 7) is 5.06. The van der Waals surface area contributed by atoms with Crippen LogP contribution >= 0.6 is 11.3 Å². The molecule has 5 nitrogen and oxygen atoms in total. The minimum absolute atomic E-state index is 0.0237. The van der Waals surface area contributed by atoms with Crippen molar-refractivity contribution in [1.29, 1.82) is 0 Å². The van der Waals surface area contributed by atoms with E-state index in [1.807, 2.05) is 50.2 Å². The molecule has 0 radical (unpaired) electrons. The fraction of sp³-hybridized carbons (Fsp3) is 0.286. The summed E-state index contributed by atoms with van der Waals surface area (Å²) in [6.07, 6.45) is 0.252. The molecule has 1 aliphatic rings. The number of rotatable bonds is 4. The Hall–Kier alpha value is -2.73. The predicted octanol–water partition coefficient (Wildman–Crippen LogP) is 3.90. The van der Waals surface area contributed by atoms with Gasteiger partial charge in [0.1, 0.15) is 0 Å². The van der Waals surface area contributed by atoms with Gasteiger partial charge in [-0.3, -0.25) is 9.59 Å². The molecule has 3 aromatic rings. The number of hydrogen-bond donors (Lipinski definition) is 1. The van der Waals surface area contributed by atoms with Crippen molar-refractivity contribution < 1.29 is 9.59 Å². The van der Waals surface area contributed by atoms with E-state index in [1.165, 1.54) is 16.9 Å². The average Bonchev–Trinajstić information content (AvgIpc) is 3.19. The summed E-state index contributed by atoms with van der Waals surface area (Å²) >= 11 is 1.46. The smallest absolute Gasteiger partial charge is 0.231 e. The Morgan fingerprint density at radius 2 is 1.93 bits per heavy atom. The van der Waals surface area contributed by atoms with Gasteiger partial charge in [-0.05, 0) is 37.1 Å². The van der Waals surface area contributed by atoms with E-state index in [0.717, 1.165) is 21.3 Å². The number of carbonyl (C=O) groups is 2. The summed E-state index contributed by atoms with van der Waals surface area (Å²) in [7, 11) is 0. The monoisotopic (exact) mass is 379 g/mol. The van der Waals surface area contributed by atoms with E-state index < -0.39 is 0 Å². The maximum absolute atomic E-state index is 12.6. The summed E-state index contributed by atoms with van der Waals surface area (Å²) in [6, 6.07) is 14.2. The molecule has 2 aromatic carbocycles. The van der Waals surface area contributed by atoms with Crippen LogP contribution in [-0.4, -0.2) is 28.2 Å². The highest BCUT2D eigenvalue weighted by atomic mass is 32.1. The Morgan fingerprint density at radius 1 is 1.19 bits per heavy atom. The van der Waals surface area contributed by atoms with E-state index in [0.29, 0.717) is 18.2 Å². The largest absolute Gasteiger partial charge is 0.338 e. The number of aromatic nitrogens is 1. The number of carbonyl (C=O) groups excluding carboxylic acids is 2. The van der Waals surface area contributed by atoms with E-state index in [9.17, 15) is 9.59 Å². The Kier molecular flexibility index (Phi) is 4.66. The SMILES string of the molecule is Cc1ccc(CN2CC(C(=O)Nc3nc4ccc(C)cc4s3)CC2=O)cc1. The molecule has 1 saturated heterocycles. The lowest BCUT2D eigenvalue weighted by atomic mass is 10.1. The maximum Gasteiger partial charge on any atom is 0.231 e. The van der Waals surface area contributed by atoms with Crippen molar-refractivity contribution in [2.24, 2.45) is 5.92 Å². The average molecular weight is 379 g/mol. The molecule has 2 amide bonds. The minimum Gasteiger partial charge on any atom is -0.338 e. The fourth-order valence-electron chi connectivity index (χ4n) is 3.31. The van der Waals surface area contributed by atoms with Crippen molar-refractivity contribution >= 4 is 38.5 Å². The van der Waals surface area contributed by atoms with Crippen LogP contribution in [0.5, 0.6) is 0 Å². The lowest BCUT2D eigenvalue weighted by Crippen LogP contribution is -2.28. The number of nitrogens with zero attached hydrogens (tertiary/aromatic N) is 2. The molecule has 0 aliphatic carbocycles. The molecule has 0 spiro atoms. The van der Waals surface area contributed by atoms with E-state index in [4.69, 9.17) is 0 Å². The van der Waals surface area contributed by atoms with Crippen LogP contribution in [0.15, 0.2) is 42.5 Å². The van der Waals surface area contributed by atoms with Gasteiger partial charge in [0.2, 0.25) is 11.8 Å². The number of hydrogen-bond acceptors (Lipinski definition) is 4. The second-order valence-corrected chi connectivity index (χ2v) is 8.17. The molecular formula is C21H21N3O2S. The Morgan fingerprint density at radius 3 is 2.70 bits per heavy atom. The van der Waals surface area contributed by atoms with Crippen LogP contribution in [-0.2, 0) is 16.1 Å². The second kappa shape index (κ2) is 7.12.